The van der Waals surface area contributed by atoms with Crippen molar-refractivity contribution in [2.45, 2.75) is 19.3 Å². The fourth-order valence-corrected chi connectivity index (χ4v) is 2.03. The Morgan fingerprint density at radius 1 is 1.14 bits per heavy atom. The number of aryl methyl sites for hydroxylation is 1. The van der Waals surface area contributed by atoms with Crippen molar-refractivity contribution in [2.24, 2.45) is 0 Å². The van der Waals surface area contributed by atoms with Gasteiger partial charge in [-0.2, -0.15) is 0 Å². The van der Waals surface area contributed by atoms with E-state index in [1.807, 2.05) is 18.4 Å². The molecule has 74 valence electrons. The van der Waals surface area contributed by atoms with Crippen molar-refractivity contribution < 1.29 is 4.42 Å². The highest BCUT2D eigenvalue weighted by atomic mass is 79.9. The Morgan fingerprint density at radius 3 is 2.86 bits per heavy atom. The molecule has 0 aliphatic rings. The fourth-order valence-electron chi connectivity index (χ4n) is 1.64. The Labute approximate surface area is 92.2 Å². The Kier molecular flexibility index (Phi) is 3.25. The summed E-state index contributed by atoms with van der Waals surface area (Å²) >= 11 is 3.44. The summed E-state index contributed by atoms with van der Waals surface area (Å²) in [6.45, 7) is 0. The van der Waals surface area contributed by atoms with Crippen LogP contribution in [0, 0.1) is 0 Å². The topological polar surface area (TPSA) is 13.1 Å². The second-order valence-corrected chi connectivity index (χ2v) is 4.20. The van der Waals surface area contributed by atoms with E-state index in [0.717, 1.165) is 17.3 Å². The molecule has 0 fully saturated rings. The molecule has 0 radical (unpaired) electrons. The van der Waals surface area contributed by atoms with Gasteiger partial charge in [0.05, 0.1) is 6.26 Å². The van der Waals surface area contributed by atoms with Crippen LogP contribution in [0.4, 0.5) is 0 Å². The number of hydrogen-bond donors (Lipinski definition) is 0. The molecule has 2 aromatic rings. The van der Waals surface area contributed by atoms with Crippen LogP contribution < -0.4 is 0 Å². The third kappa shape index (κ3) is 2.01. The van der Waals surface area contributed by atoms with E-state index in [1.165, 1.54) is 23.8 Å². The molecule has 14 heavy (non-hydrogen) atoms. The summed E-state index contributed by atoms with van der Waals surface area (Å²) < 4.78 is 5.47. The highest BCUT2D eigenvalue weighted by Gasteiger charge is 2.03. The van der Waals surface area contributed by atoms with E-state index in [4.69, 9.17) is 4.42 Å². The molecule has 2 heteroatoms. The summed E-state index contributed by atoms with van der Waals surface area (Å²) in [6.07, 6.45) is 5.44. The Balaban J connectivity index is 2.17. The Bertz CT molecular complexity index is 405. The summed E-state index contributed by atoms with van der Waals surface area (Å²) in [6, 6.07) is 8.21. The van der Waals surface area contributed by atoms with E-state index in [-0.39, 0.29) is 0 Å². The van der Waals surface area contributed by atoms with Crippen LogP contribution in [0.15, 0.2) is 34.9 Å². The molecule has 0 unspecified atom stereocenters. The molecule has 0 amide bonds. The molecule has 1 aromatic heterocycles. The maximum absolute atomic E-state index is 5.47. The number of rotatable bonds is 4. The Hall–Kier alpha value is -0.760. The number of hydrogen-bond acceptors (Lipinski definition) is 1. The van der Waals surface area contributed by atoms with Gasteiger partial charge in [-0.3, -0.25) is 0 Å². The van der Waals surface area contributed by atoms with Gasteiger partial charge in [0.25, 0.3) is 0 Å². The van der Waals surface area contributed by atoms with Gasteiger partial charge < -0.3 is 4.42 Å². The average molecular weight is 253 g/mol. The highest BCUT2D eigenvalue weighted by Crippen LogP contribution is 2.22. The lowest BCUT2D eigenvalue weighted by atomic mass is 10.1. The van der Waals surface area contributed by atoms with Gasteiger partial charge >= 0.3 is 0 Å². The second-order valence-electron chi connectivity index (χ2n) is 3.40. The molecular formula is C12H13BrO. The lowest BCUT2D eigenvalue weighted by Gasteiger charge is -1.95. The van der Waals surface area contributed by atoms with E-state index in [2.05, 4.69) is 28.1 Å². The van der Waals surface area contributed by atoms with Crippen LogP contribution in [0.25, 0.3) is 11.0 Å². The molecule has 0 saturated carbocycles. The second kappa shape index (κ2) is 4.65. The van der Waals surface area contributed by atoms with Crippen molar-refractivity contribution in [3.63, 3.8) is 0 Å². The van der Waals surface area contributed by atoms with E-state index in [9.17, 15) is 0 Å². The summed E-state index contributed by atoms with van der Waals surface area (Å²) in [7, 11) is 0. The number of alkyl halides is 1. The molecule has 0 N–H and O–H groups in total. The van der Waals surface area contributed by atoms with Gasteiger partial charge in [-0.25, -0.2) is 0 Å². The van der Waals surface area contributed by atoms with Crippen LogP contribution >= 0.6 is 15.9 Å². The molecule has 2 rings (SSSR count). The van der Waals surface area contributed by atoms with Crippen LogP contribution in [0.3, 0.4) is 0 Å². The maximum atomic E-state index is 5.47. The van der Waals surface area contributed by atoms with Crippen molar-refractivity contribution in [1.29, 1.82) is 0 Å². The smallest absolute Gasteiger partial charge is 0.134 e. The molecule has 0 spiro atoms. The zero-order valence-electron chi connectivity index (χ0n) is 8.00. The number of furan rings is 1. The molecule has 0 bridgehead atoms. The predicted molar refractivity (Wildman–Crippen MR) is 62.9 cm³/mol. The van der Waals surface area contributed by atoms with Crippen molar-refractivity contribution in [3.8, 4) is 0 Å². The number of fused-ring (bicyclic) bond motifs is 1. The number of unbranched alkanes of at least 4 members (excludes halogenated alkanes) is 1. The summed E-state index contributed by atoms with van der Waals surface area (Å²) in [5, 5.41) is 2.35. The van der Waals surface area contributed by atoms with Crippen LogP contribution in [-0.4, -0.2) is 5.33 Å². The third-order valence-corrected chi connectivity index (χ3v) is 2.95. The first-order valence-corrected chi connectivity index (χ1v) is 6.05. The fraction of sp³-hybridized carbons (Fsp3) is 0.333. The number of para-hydroxylation sites is 1. The van der Waals surface area contributed by atoms with Gasteiger partial charge in [0.2, 0.25) is 0 Å². The SMILES string of the molecule is BrCCCCc1coc2ccccc12. The van der Waals surface area contributed by atoms with Gasteiger partial charge in [-0.15, -0.1) is 0 Å². The van der Waals surface area contributed by atoms with E-state index in [1.54, 1.807) is 0 Å². The first-order valence-electron chi connectivity index (χ1n) is 4.93. The minimum absolute atomic E-state index is 1.00. The largest absolute Gasteiger partial charge is 0.464 e. The number of benzene rings is 1. The van der Waals surface area contributed by atoms with Gasteiger partial charge in [-0.1, -0.05) is 34.1 Å². The first-order chi connectivity index (χ1) is 6.92. The maximum Gasteiger partial charge on any atom is 0.134 e. The van der Waals surface area contributed by atoms with Crippen molar-refractivity contribution >= 4 is 26.9 Å². The van der Waals surface area contributed by atoms with Crippen LogP contribution in [0.1, 0.15) is 18.4 Å². The zero-order chi connectivity index (χ0) is 9.80. The van der Waals surface area contributed by atoms with Gasteiger partial charge in [0.15, 0.2) is 0 Å². The minimum Gasteiger partial charge on any atom is -0.464 e. The van der Waals surface area contributed by atoms with E-state index < -0.39 is 0 Å². The Morgan fingerprint density at radius 2 is 2.00 bits per heavy atom. The van der Waals surface area contributed by atoms with Crippen LogP contribution in [0.5, 0.6) is 0 Å². The third-order valence-electron chi connectivity index (χ3n) is 2.39. The molecule has 0 saturated heterocycles. The normalized spacial score (nSPS) is 10.9. The summed E-state index contributed by atoms with van der Waals surface area (Å²) in [5.41, 5.74) is 2.34. The minimum atomic E-state index is 1.00. The summed E-state index contributed by atoms with van der Waals surface area (Å²) in [5.74, 6) is 0. The number of halogens is 1. The molecule has 1 nitrogen and oxygen atoms in total. The molecule has 1 aromatic carbocycles. The van der Waals surface area contributed by atoms with Gasteiger partial charge in [0, 0.05) is 10.7 Å². The van der Waals surface area contributed by atoms with E-state index in [0.29, 0.717) is 0 Å². The standard InChI is InChI=1S/C12H13BrO/c13-8-4-3-5-10-9-14-12-7-2-1-6-11(10)12/h1-2,6-7,9H,3-5,8H2. The van der Waals surface area contributed by atoms with Crippen LogP contribution in [-0.2, 0) is 6.42 Å². The molecule has 0 aliphatic heterocycles. The molecule has 1 heterocycles. The monoisotopic (exact) mass is 252 g/mol. The first kappa shape index (κ1) is 9.78. The van der Waals surface area contributed by atoms with Crippen molar-refractivity contribution in [1.82, 2.24) is 0 Å². The van der Waals surface area contributed by atoms with Crippen molar-refractivity contribution in [2.75, 3.05) is 5.33 Å². The summed E-state index contributed by atoms with van der Waals surface area (Å²) in [4.78, 5) is 0. The average Bonchev–Trinajstić information content (AvgIpc) is 2.63. The molecule has 0 aliphatic carbocycles. The van der Waals surface area contributed by atoms with Gasteiger partial charge in [-0.05, 0) is 30.9 Å². The molecular weight excluding hydrogens is 240 g/mol. The molecule has 0 atom stereocenters. The van der Waals surface area contributed by atoms with Crippen LogP contribution in [0.2, 0.25) is 0 Å². The van der Waals surface area contributed by atoms with Crippen molar-refractivity contribution in [3.05, 3.63) is 36.1 Å². The highest BCUT2D eigenvalue weighted by molar-refractivity contribution is 9.09. The lowest BCUT2D eigenvalue weighted by molar-refractivity contribution is 0.608. The van der Waals surface area contributed by atoms with E-state index >= 15 is 0 Å². The van der Waals surface area contributed by atoms with Gasteiger partial charge in [0.1, 0.15) is 5.58 Å². The predicted octanol–water partition coefficient (Wildman–Crippen LogP) is 4.15. The quantitative estimate of drug-likeness (QED) is 0.589. The lowest BCUT2D eigenvalue weighted by Crippen LogP contribution is -1.83. The zero-order valence-corrected chi connectivity index (χ0v) is 9.59.